The van der Waals surface area contributed by atoms with Crippen molar-refractivity contribution in [2.45, 2.75) is 13.0 Å². The fraction of sp³-hybridized carbons (Fsp3) is 0.200. The Morgan fingerprint density at radius 1 is 1.04 bits per heavy atom. The van der Waals surface area contributed by atoms with Gasteiger partial charge in [-0.2, -0.15) is 4.57 Å². The maximum atomic E-state index is 12.6. The number of fused-ring (bicyclic) bond motifs is 2. The molecule has 1 aliphatic rings. The highest BCUT2D eigenvalue weighted by atomic mass is 16.6. The van der Waals surface area contributed by atoms with Crippen LogP contribution in [-0.2, 0) is 4.79 Å². The van der Waals surface area contributed by atoms with Crippen molar-refractivity contribution in [2.24, 2.45) is 0 Å². The van der Waals surface area contributed by atoms with E-state index in [-0.39, 0.29) is 11.9 Å². The number of ether oxygens (including phenoxy) is 2. The van der Waals surface area contributed by atoms with Crippen molar-refractivity contribution < 1.29 is 18.8 Å². The molecule has 4 rings (SSSR count). The Hall–Kier alpha value is -3.08. The summed E-state index contributed by atoms with van der Waals surface area (Å²) in [6.07, 6.45) is 3.92. The Bertz CT molecular complexity index is 939. The molecule has 2 aromatic carbocycles. The molecule has 0 aliphatic carbocycles. The Morgan fingerprint density at radius 2 is 1.80 bits per heavy atom. The molecule has 1 aliphatic heterocycles. The van der Waals surface area contributed by atoms with Crippen LogP contribution >= 0.6 is 0 Å². The third-order valence-corrected chi connectivity index (χ3v) is 4.35. The zero-order valence-corrected chi connectivity index (χ0v) is 13.9. The summed E-state index contributed by atoms with van der Waals surface area (Å²) >= 11 is 0. The number of nitrogens with one attached hydrogen (secondary N) is 1. The van der Waals surface area contributed by atoms with Crippen LogP contribution in [-0.4, -0.2) is 19.1 Å². The molecule has 1 aromatic heterocycles. The van der Waals surface area contributed by atoms with Gasteiger partial charge < -0.3 is 14.8 Å². The first-order chi connectivity index (χ1) is 12.2. The molecule has 126 valence electrons. The van der Waals surface area contributed by atoms with E-state index >= 15 is 0 Å². The van der Waals surface area contributed by atoms with E-state index in [0.29, 0.717) is 30.4 Å². The molecule has 3 aromatic rings. The van der Waals surface area contributed by atoms with Gasteiger partial charge >= 0.3 is 0 Å². The Labute approximate surface area is 145 Å². The van der Waals surface area contributed by atoms with Crippen LogP contribution in [0.25, 0.3) is 10.8 Å². The Balaban J connectivity index is 1.53. The van der Waals surface area contributed by atoms with Gasteiger partial charge in [0.2, 0.25) is 6.04 Å². The predicted molar refractivity (Wildman–Crippen MR) is 94.9 cm³/mol. The smallest absolute Gasteiger partial charge is 0.293 e. The van der Waals surface area contributed by atoms with Gasteiger partial charge in [0.25, 0.3) is 5.91 Å². The van der Waals surface area contributed by atoms with Crippen LogP contribution in [0.3, 0.4) is 0 Å². The van der Waals surface area contributed by atoms with Crippen LogP contribution < -0.4 is 19.4 Å². The lowest BCUT2D eigenvalue weighted by Crippen LogP contribution is -2.44. The zero-order chi connectivity index (χ0) is 17.2. The number of hydrogen-bond acceptors (Lipinski definition) is 3. The second-order valence-corrected chi connectivity index (χ2v) is 6.04. The third-order valence-electron chi connectivity index (χ3n) is 4.35. The standard InChI is InChI=1S/C20H18N2O3/c1-14(22-9-8-15-4-2-3-5-16(15)13-22)20(23)21-17-6-7-18-19(12-17)25-11-10-24-18/h2-9,12-14H,10-11H2,1H3/p+1/t14-/m1/s1. The van der Waals surface area contributed by atoms with Gasteiger partial charge in [-0.25, -0.2) is 0 Å². The number of amides is 1. The summed E-state index contributed by atoms with van der Waals surface area (Å²) in [4.78, 5) is 12.6. The summed E-state index contributed by atoms with van der Waals surface area (Å²) in [6, 6.07) is 15.2. The van der Waals surface area contributed by atoms with E-state index in [1.165, 1.54) is 0 Å². The normalized spacial score (nSPS) is 14.1. The molecule has 25 heavy (non-hydrogen) atoms. The van der Waals surface area contributed by atoms with Crippen LogP contribution in [0.5, 0.6) is 11.5 Å². The molecule has 1 N–H and O–H groups in total. The first-order valence-corrected chi connectivity index (χ1v) is 8.31. The van der Waals surface area contributed by atoms with Gasteiger partial charge in [0, 0.05) is 30.1 Å². The molecule has 0 radical (unpaired) electrons. The summed E-state index contributed by atoms with van der Waals surface area (Å²) in [5, 5.41) is 5.20. The highest BCUT2D eigenvalue weighted by Crippen LogP contribution is 2.32. The van der Waals surface area contributed by atoms with E-state index < -0.39 is 0 Å². The summed E-state index contributed by atoms with van der Waals surface area (Å²) in [5.74, 6) is 1.29. The molecule has 0 saturated heterocycles. The molecular formula is C20H19N2O3+. The number of rotatable bonds is 3. The highest BCUT2D eigenvalue weighted by Gasteiger charge is 2.23. The molecule has 0 saturated carbocycles. The van der Waals surface area contributed by atoms with Crippen molar-refractivity contribution in [3.8, 4) is 11.5 Å². The average Bonchev–Trinajstić information content (AvgIpc) is 2.67. The molecule has 0 fully saturated rings. The maximum absolute atomic E-state index is 12.6. The lowest BCUT2D eigenvalue weighted by Gasteiger charge is -2.19. The zero-order valence-electron chi connectivity index (χ0n) is 13.9. The van der Waals surface area contributed by atoms with Crippen molar-refractivity contribution in [1.82, 2.24) is 0 Å². The predicted octanol–water partition coefficient (Wildman–Crippen LogP) is 3.10. The summed E-state index contributed by atoms with van der Waals surface area (Å²) in [6.45, 7) is 2.95. The van der Waals surface area contributed by atoms with E-state index in [1.54, 1.807) is 6.07 Å². The SMILES string of the molecule is C[C@H](C(=O)Nc1ccc2c(c1)OCCO2)[n+]1ccc2ccccc2c1. The molecular weight excluding hydrogens is 316 g/mol. The van der Waals surface area contributed by atoms with Crippen molar-refractivity contribution in [3.05, 3.63) is 60.9 Å². The molecule has 5 heteroatoms. The van der Waals surface area contributed by atoms with E-state index in [4.69, 9.17) is 9.47 Å². The maximum Gasteiger partial charge on any atom is 0.293 e. The van der Waals surface area contributed by atoms with Gasteiger partial charge in [-0.1, -0.05) is 18.2 Å². The monoisotopic (exact) mass is 335 g/mol. The largest absolute Gasteiger partial charge is 0.486 e. The number of anilines is 1. The lowest BCUT2D eigenvalue weighted by molar-refractivity contribution is -0.704. The van der Waals surface area contributed by atoms with E-state index in [9.17, 15) is 4.79 Å². The Morgan fingerprint density at radius 3 is 2.64 bits per heavy atom. The van der Waals surface area contributed by atoms with Crippen molar-refractivity contribution in [3.63, 3.8) is 0 Å². The molecule has 0 spiro atoms. The highest BCUT2D eigenvalue weighted by molar-refractivity contribution is 5.92. The van der Waals surface area contributed by atoms with Crippen LogP contribution in [0.15, 0.2) is 60.9 Å². The number of carbonyl (C=O) groups excluding carboxylic acids is 1. The number of carbonyl (C=O) groups is 1. The second-order valence-electron chi connectivity index (χ2n) is 6.04. The first-order valence-electron chi connectivity index (χ1n) is 8.31. The number of benzene rings is 2. The minimum atomic E-state index is -0.335. The van der Waals surface area contributed by atoms with Crippen molar-refractivity contribution in [2.75, 3.05) is 18.5 Å². The third kappa shape index (κ3) is 3.13. The molecule has 0 bridgehead atoms. The van der Waals surface area contributed by atoms with Gasteiger partial charge in [-0.3, -0.25) is 4.79 Å². The van der Waals surface area contributed by atoms with Gasteiger partial charge in [-0.15, -0.1) is 0 Å². The average molecular weight is 335 g/mol. The Kier molecular flexibility index (Phi) is 3.98. The van der Waals surface area contributed by atoms with Crippen LogP contribution in [0.4, 0.5) is 5.69 Å². The van der Waals surface area contributed by atoms with Crippen LogP contribution in [0.2, 0.25) is 0 Å². The van der Waals surface area contributed by atoms with Crippen LogP contribution in [0.1, 0.15) is 13.0 Å². The van der Waals surface area contributed by atoms with Gasteiger partial charge in [0.05, 0.1) is 0 Å². The molecule has 2 heterocycles. The molecule has 1 amide bonds. The number of pyridine rings is 1. The fourth-order valence-electron chi connectivity index (χ4n) is 2.89. The molecule has 1 atom stereocenters. The lowest BCUT2D eigenvalue weighted by atomic mass is 10.1. The summed E-state index contributed by atoms with van der Waals surface area (Å²) in [7, 11) is 0. The quantitative estimate of drug-likeness (QED) is 0.748. The van der Waals surface area contributed by atoms with Gasteiger partial charge in [-0.05, 0) is 23.6 Å². The molecule has 5 nitrogen and oxygen atoms in total. The first kappa shape index (κ1) is 15.4. The summed E-state index contributed by atoms with van der Waals surface area (Å²) < 4.78 is 13.0. The van der Waals surface area contributed by atoms with Crippen molar-refractivity contribution >= 4 is 22.4 Å². The van der Waals surface area contributed by atoms with Gasteiger partial charge in [0.1, 0.15) is 13.2 Å². The van der Waals surface area contributed by atoms with E-state index in [1.807, 2.05) is 60.3 Å². The van der Waals surface area contributed by atoms with E-state index in [2.05, 4.69) is 11.4 Å². The van der Waals surface area contributed by atoms with Gasteiger partial charge in [0.15, 0.2) is 23.9 Å². The minimum Gasteiger partial charge on any atom is -0.486 e. The second kappa shape index (κ2) is 6.43. The fourth-order valence-corrected chi connectivity index (χ4v) is 2.89. The number of hydrogen-bond donors (Lipinski definition) is 1. The molecule has 0 unspecified atom stereocenters. The summed E-state index contributed by atoms with van der Waals surface area (Å²) in [5.41, 5.74) is 0.697. The van der Waals surface area contributed by atoms with Crippen molar-refractivity contribution in [1.29, 1.82) is 0 Å². The van der Waals surface area contributed by atoms with E-state index in [0.717, 1.165) is 10.8 Å². The van der Waals surface area contributed by atoms with Crippen LogP contribution in [0, 0.1) is 0 Å². The minimum absolute atomic E-state index is 0.0861. The number of aromatic nitrogens is 1. The number of nitrogens with zero attached hydrogens (tertiary/aromatic N) is 1. The topological polar surface area (TPSA) is 51.4 Å².